The van der Waals surface area contributed by atoms with Gasteiger partial charge in [0.25, 0.3) is 0 Å². The van der Waals surface area contributed by atoms with Crippen molar-refractivity contribution in [2.75, 3.05) is 0 Å². The SMILES string of the molecule is CC(C)(C)/C(O)=C/c1nc2ccc(C(=O)O)cc2nc1/C=C(\O)C(C)(C)C. The van der Waals surface area contributed by atoms with Gasteiger partial charge in [-0.15, -0.1) is 0 Å². The molecule has 1 aromatic heterocycles. The molecule has 0 amide bonds. The van der Waals surface area contributed by atoms with Crippen LogP contribution in [0.25, 0.3) is 23.2 Å². The Morgan fingerprint density at radius 3 is 1.67 bits per heavy atom. The van der Waals surface area contributed by atoms with Gasteiger partial charge in [0.15, 0.2) is 0 Å². The van der Waals surface area contributed by atoms with Gasteiger partial charge in [-0.1, -0.05) is 41.5 Å². The van der Waals surface area contributed by atoms with E-state index in [1.54, 1.807) is 6.07 Å². The molecule has 6 nitrogen and oxygen atoms in total. The number of fused-ring (bicyclic) bond motifs is 1. The third kappa shape index (κ3) is 4.84. The highest BCUT2D eigenvalue weighted by atomic mass is 16.4. The summed E-state index contributed by atoms with van der Waals surface area (Å²) in [6.07, 6.45) is 3.03. The van der Waals surface area contributed by atoms with Crippen LogP contribution in [0.15, 0.2) is 29.7 Å². The maximum atomic E-state index is 11.2. The Balaban J connectivity index is 2.76. The number of rotatable bonds is 3. The highest BCUT2D eigenvalue weighted by Crippen LogP contribution is 2.29. The van der Waals surface area contributed by atoms with Crippen molar-refractivity contribution in [2.24, 2.45) is 10.8 Å². The van der Waals surface area contributed by atoms with Crippen LogP contribution >= 0.6 is 0 Å². The molecule has 1 aromatic carbocycles. The second-order valence-electron chi connectivity index (χ2n) is 8.56. The number of benzene rings is 1. The predicted octanol–water partition coefficient (Wildman–Crippen LogP) is 5.22. The van der Waals surface area contributed by atoms with E-state index in [0.29, 0.717) is 22.4 Å². The molecule has 3 N–H and O–H groups in total. The third-order valence-electron chi connectivity index (χ3n) is 4.05. The molecule has 2 rings (SSSR count). The number of aliphatic hydroxyl groups excluding tert-OH is 2. The van der Waals surface area contributed by atoms with Gasteiger partial charge in [0.2, 0.25) is 0 Å². The average molecular weight is 370 g/mol. The largest absolute Gasteiger partial charge is 0.512 e. The number of carbonyl (C=O) groups is 1. The van der Waals surface area contributed by atoms with Gasteiger partial charge in [0, 0.05) is 23.0 Å². The van der Waals surface area contributed by atoms with Crippen molar-refractivity contribution in [2.45, 2.75) is 41.5 Å². The zero-order chi connectivity index (χ0) is 20.6. The van der Waals surface area contributed by atoms with Crippen LogP contribution in [0.4, 0.5) is 0 Å². The van der Waals surface area contributed by atoms with E-state index in [0.717, 1.165) is 0 Å². The molecule has 0 saturated heterocycles. The Bertz CT molecular complexity index is 945. The molecule has 2 aromatic rings. The minimum absolute atomic E-state index is 0.104. The summed E-state index contributed by atoms with van der Waals surface area (Å²) in [6, 6.07) is 4.47. The van der Waals surface area contributed by atoms with Crippen LogP contribution in [0, 0.1) is 10.8 Å². The summed E-state index contributed by atoms with van der Waals surface area (Å²) in [6.45, 7) is 11.2. The van der Waals surface area contributed by atoms with Crippen molar-refractivity contribution in [1.82, 2.24) is 9.97 Å². The molecule has 1 heterocycles. The highest BCUT2D eigenvalue weighted by molar-refractivity contribution is 5.92. The molecule has 0 spiro atoms. The predicted molar refractivity (Wildman–Crippen MR) is 107 cm³/mol. The highest BCUT2D eigenvalue weighted by Gasteiger charge is 2.20. The van der Waals surface area contributed by atoms with Crippen LogP contribution < -0.4 is 0 Å². The number of carboxylic acids is 1. The van der Waals surface area contributed by atoms with E-state index in [1.165, 1.54) is 24.3 Å². The maximum absolute atomic E-state index is 11.2. The lowest BCUT2D eigenvalue weighted by atomic mass is 9.92. The monoisotopic (exact) mass is 370 g/mol. The lowest BCUT2D eigenvalue weighted by Crippen LogP contribution is -2.10. The molecule has 6 heteroatoms. The molecule has 0 aliphatic rings. The number of nitrogens with zero attached hydrogens (tertiary/aromatic N) is 2. The van der Waals surface area contributed by atoms with E-state index < -0.39 is 16.8 Å². The molecule has 0 aliphatic heterocycles. The first-order valence-corrected chi connectivity index (χ1v) is 8.66. The fraction of sp³-hybridized carbons (Fsp3) is 0.381. The zero-order valence-electron chi connectivity index (χ0n) is 16.5. The summed E-state index contributed by atoms with van der Waals surface area (Å²) < 4.78 is 0. The van der Waals surface area contributed by atoms with E-state index in [1.807, 2.05) is 41.5 Å². The van der Waals surface area contributed by atoms with Crippen molar-refractivity contribution in [1.29, 1.82) is 0 Å². The maximum Gasteiger partial charge on any atom is 0.335 e. The quantitative estimate of drug-likeness (QED) is 0.640. The number of hydrogen-bond donors (Lipinski definition) is 3. The summed E-state index contributed by atoms with van der Waals surface area (Å²) in [4.78, 5) is 20.2. The van der Waals surface area contributed by atoms with Gasteiger partial charge in [-0.25, -0.2) is 14.8 Å². The van der Waals surface area contributed by atoms with Crippen LogP contribution in [0.1, 0.15) is 63.3 Å². The van der Waals surface area contributed by atoms with Gasteiger partial charge >= 0.3 is 5.97 Å². The second kappa shape index (κ2) is 7.02. The average Bonchev–Trinajstić information content (AvgIpc) is 2.52. The molecule has 0 radical (unpaired) electrons. The first-order valence-electron chi connectivity index (χ1n) is 8.66. The molecule has 0 fully saturated rings. The van der Waals surface area contributed by atoms with Crippen LogP contribution in [-0.2, 0) is 0 Å². The van der Waals surface area contributed by atoms with E-state index in [4.69, 9.17) is 0 Å². The van der Waals surface area contributed by atoms with Crippen molar-refractivity contribution < 1.29 is 20.1 Å². The number of aromatic nitrogens is 2. The molecule has 0 unspecified atom stereocenters. The molecule has 0 saturated carbocycles. The Kier molecular flexibility index (Phi) is 5.31. The molecule has 27 heavy (non-hydrogen) atoms. The zero-order valence-corrected chi connectivity index (χ0v) is 16.5. The van der Waals surface area contributed by atoms with Gasteiger partial charge in [-0.2, -0.15) is 0 Å². The fourth-order valence-corrected chi connectivity index (χ4v) is 2.12. The number of aliphatic hydroxyl groups is 2. The van der Waals surface area contributed by atoms with Gasteiger partial charge in [0.1, 0.15) is 0 Å². The number of carboxylic acid groups (broad SMARTS) is 1. The molecule has 0 aliphatic carbocycles. The van der Waals surface area contributed by atoms with Gasteiger partial charge in [-0.3, -0.25) is 0 Å². The van der Waals surface area contributed by atoms with E-state index >= 15 is 0 Å². The minimum Gasteiger partial charge on any atom is -0.512 e. The van der Waals surface area contributed by atoms with E-state index in [-0.39, 0.29) is 17.1 Å². The second-order valence-corrected chi connectivity index (χ2v) is 8.56. The smallest absolute Gasteiger partial charge is 0.335 e. The summed E-state index contributed by atoms with van der Waals surface area (Å²) in [5.41, 5.74) is 0.786. The summed E-state index contributed by atoms with van der Waals surface area (Å²) in [5, 5.41) is 30.0. The van der Waals surface area contributed by atoms with E-state index in [9.17, 15) is 20.1 Å². The third-order valence-corrected chi connectivity index (χ3v) is 4.05. The first-order chi connectivity index (χ1) is 12.3. The van der Waals surface area contributed by atoms with Crippen LogP contribution in [0.5, 0.6) is 0 Å². The van der Waals surface area contributed by atoms with Crippen LogP contribution in [-0.4, -0.2) is 31.3 Å². The summed E-state index contributed by atoms with van der Waals surface area (Å²) >= 11 is 0. The summed E-state index contributed by atoms with van der Waals surface area (Å²) in [7, 11) is 0. The number of hydrogen-bond acceptors (Lipinski definition) is 5. The lowest BCUT2D eigenvalue weighted by molar-refractivity contribution is 0.0697. The summed E-state index contributed by atoms with van der Waals surface area (Å²) in [5.74, 6) is -0.818. The van der Waals surface area contributed by atoms with Gasteiger partial charge in [-0.05, 0) is 18.2 Å². The number of aromatic carboxylic acids is 1. The minimum atomic E-state index is -1.05. The topological polar surface area (TPSA) is 104 Å². The normalized spacial score (nSPS) is 13.9. The van der Waals surface area contributed by atoms with Crippen molar-refractivity contribution >= 4 is 29.2 Å². The van der Waals surface area contributed by atoms with Gasteiger partial charge in [0.05, 0.1) is 39.5 Å². The van der Waals surface area contributed by atoms with Crippen molar-refractivity contribution in [3.63, 3.8) is 0 Å². The Morgan fingerprint density at radius 2 is 1.26 bits per heavy atom. The van der Waals surface area contributed by atoms with Gasteiger partial charge < -0.3 is 15.3 Å². The lowest BCUT2D eigenvalue weighted by Gasteiger charge is -2.19. The fourth-order valence-electron chi connectivity index (χ4n) is 2.12. The molecular formula is C21H26N2O4. The van der Waals surface area contributed by atoms with Crippen molar-refractivity contribution in [3.05, 3.63) is 46.7 Å². The van der Waals surface area contributed by atoms with Crippen LogP contribution in [0.3, 0.4) is 0 Å². The molecule has 144 valence electrons. The Labute approximate surface area is 158 Å². The van der Waals surface area contributed by atoms with Crippen molar-refractivity contribution in [3.8, 4) is 0 Å². The van der Waals surface area contributed by atoms with Crippen LogP contribution in [0.2, 0.25) is 0 Å². The Hall–Kier alpha value is -2.89. The molecule has 0 bridgehead atoms. The first kappa shape index (κ1) is 20.4. The molecular weight excluding hydrogens is 344 g/mol. The number of allylic oxidation sites excluding steroid dienone is 2. The molecule has 0 atom stereocenters. The standard InChI is InChI=1S/C21H26N2O4/c1-20(2,3)17(24)10-15-16(11-18(25)21(4,5)6)23-14-9-12(19(26)27)7-8-13(14)22-15/h7-11,24-25H,1-6H3,(H,26,27)/b17-10-,18-11-. The van der Waals surface area contributed by atoms with E-state index in [2.05, 4.69) is 9.97 Å². The Morgan fingerprint density at radius 1 is 0.815 bits per heavy atom.